The van der Waals surface area contributed by atoms with Gasteiger partial charge in [0, 0.05) is 58.2 Å². The Balaban J connectivity index is 1.78. The zero-order valence-corrected chi connectivity index (χ0v) is 19.1. The number of thiazole rings is 1. The number of nitrogens with zero attached hydrogens (tertiary/aromatic N) is 3. The van der Waals surface area contributed by atoms with E-state index in [0.29, 0.717) is 32.1 Å². The van der Waals surface area contributed by atoms with Crippen LogP contribution in [-0.2, 0) is 0 Å². The summed E-state index contributed by atoms with van der Waals surface area (Å²) in [4.78, 5) is 23.1. The molecule has 1 aromatic carbocycles. The van der Waals surface area contributed by atoms with Crippen LogP contribution in [0.5, 0.6) is 0 Å². The van der Waals surface area contributed by atoms with Gasteiger partial charge in [0.1, 0.15) is 5.69 Å². The third-order valence-corrected chi connectivity index (χ3v) is 6.67. The Morgan fingerprint density at radius 2 is 2.27 bits per heavy atom. The maximum Gasteiger partial charge on any atom is 0.275 e. The van der Waals surface area contributed by atoms with Gasteiger partial charge >= 0.3 is 0 Å². The first-order chi connectivity index (χ1) is 14.5. The number of hydrogen-bond donors (Lipinski definition) is 3. The molecule has 1 fully saturated rings. The normalized spacial score (nSPS) is 16.5. The first-order valence-corrected chi connectivity index (χ1v) is 11.5. The van der Waals surface area contributed by atoms with E-state index >= 15 is 0 Å². The third-order valence-electron chi connectivity index (χ3n) is 5.03. The van der Waals surface area contributed by atoms with Crippen LogP contribution in [0.25, 0.3) is 11.1 Å². The molecule has 1 amide bonds. The number of pyridine rings is 1. The van der Waals surface area contributed by atoms with E-state index in [1.807, 2.05) is 6.07 Å². The van der Waals surface area contributed by atoms with Crippen molar-refractivity contribution in [3.63, 3.8) is 0 Å². The second kappa shape index (κ2) is 8.89. The number of nitrogens with two attached hydrogens (primary N) is 2. The summed E-state index contributed by atoms with van der Waals surface area (Å²) >= 11 is 11.6. The molecule has 0 bridgehead atoms. The largest absolute Gasteiger partial charge is 0.397 e. The highest BCUT2D eigenvalue weighted by molar-refractivity contribution is 9.10. The lowest BCUT2D eigenvalue weighted by Crippen LogP contribution is -2.43. The van der Waals surface area contributed by atoms with Gasteiger partial charge in [-0.3, -0.25) is 9.78 Å². The van der Waals surface area contributed by atoms with Crippen LogP contribution >= 0.6 is 38.9 Å². The molecule has 0 spiro atoms. The van der Waals surface area contributed by atoms with E-state index < -0.39 is 0 Å². The average molecular weight is 508 g/mol. The molecular weight excluding hydrogens is 488 g/mol. The molecule has 7 nitrogen and oxygen atoms in total. The number of halogens is 2. The summed E-state index contributed by atoms with van der Waals surface area (Å²) in [7, 11) is 0. The molecule has 0 radical (unpaired) electrons. The molecule has 1 aliphatic rings. The van der Waals surface area contributed by atoms with E-state index in [4.69, 9.17) is 23.1 Å². The number of hydrogen-bond acceptors (Lipinski definition) is 7. The minimum atomic E-state index is -0.339. The molecule has 1 saturated heterocycles. The van der Waals surface area contributed by atoms with E-state index in [1.54, 1.807) is 29.4 Å². The van der Waals surface area contributed by atoms with E-state index in [1.165, 1.54) is 11.3 Å². The van der Waals surface area contributed by atoms with Crippen LogP contribution < -0.4 is 21.7 Å². The van der Waals surface area contributed by atoms with Crippen molar-refractivity contribution >= 4 is 61.8 Å². The zero-order chi connectivity index (χ0) is 21.3. The molecule has 1 atom stereocenters. The maximum absolute atomic E-state index is 12.5. The number of aromatic nitrogens is 2. The fraction of sp³-hybridized carbons (Fsp3) is 0.250. The smallest absolute Gasteiger partial charge is 0.275 e. The van der Waals surface area contributed by atoms with Crippen molar-refractivity contribution < 1.29 is 4.79 Å². The van der Waals surface area contributed by atoms with E-state index in [-0.39, 0.29) is 11.9 Å². The first-order valence-electron chi connectivity index (χ1n) is 9.37. The summed E-state index contributed by atoms with van der Waals surface area (Å²) in [5, 5.41) is 4.85. The van der Waals surface area contributed by atoms with E-state index in [0.717, 1.165) is 37.2 Å². The molecule has 4 rings (SSSR count). The molecule has 3 aromatic rings. The first kappa shape index (κ1) is 21.0. The van der Waals surface area contributed by atoms with Crippen LogP contribution in [0.1, 0.15) is 23.3 Å². The van der Waals surface area contributed by atoms with Gasteiger partial charge in [0.2, 0.25) is 0 Å². The van der Waals surface area contributed by atoms with Gasteiger partial charge < -0.3 is 21.7 Å². The number of anilines is 3. The second-order valence-corrected chi connectivity index (χ2v) is 9.03. The summed E-state index contributed by atoms with van der Waals surface area (Å²) in [6, 6.07) is 3.75. The molecule has 0 saturated carbocycles. The monoisotopic (exact) mass is 506 g/mol. The number of carbonyl (C=O) groups excluding carboxylic acids is 1. The summed E-state index contributed by atoms with van der Waals surface area (Å²) < 4.78 is 0.626. The SMILES string of the molecule is Nc1c(Br)cc(NC(=O)c2cscn2)c(Cl)c1-c1cnccc1N1CCC[C@H](N)C1. The molecule has 5 N–H and O–H groups in total. The Labute approximate surface area is 191 Å². The number of amides is 1. The number of rotatable bonds is 4. The van der Waals surface area contributed by atoms with Gasteiger partial charge in [-0.2, -0.15) is 0 Å². The van der Waals surface area contributed by atoms with Gasteiger partial charge in [-0.1, -0.05) is 11.6 Å². The number of carbonyl (C=O) groups is 1. The minimum absolute atomic E-state index is 0.114. The lowest BCUT2D eigenvalue weighted by Gasteiger charge is -2.34. The molecule has 0 aliphatic carbocycles. The van der Waals surface area contributed by atoms with Gasteiger partial charge in [-0.25, -0.2) is 4.98 Å². The Morgan fingerprint density at radius 1 is 1.43 bits per heavy atom. The van der Waals surface area contributed by atoms with Crippen molar-refractivity contribution in [3.05, 3.63) is 50.6 Å². The van der Waals surface area contributed by atoms with Crippen molar-refractivity contribution in [1.82, 2.24) is 9.97 Å². The Hall–Kier alpha value is -2.20. The predicted octanol–water partition coefficient (Wildman–Crippen LogP) is 4.38. The quantitative estimate of drug-likeness (QED) is 0.452. The molecular formula is C20H20BrClN6OS. The van der Waals surface area contributed by atoms with Gasteiger partial charge in [0.25, 0.3) is 5.91 Å². The second-order valence-electron chi connectivity index (χ2n) is 7.08. The van der Waals surface area contributed by atoms with Crippen molar-refractivity contribution in [2.45, 2.75) is 18.9 Å². The Kier molecular flexibility index (Phi) is 6.24. The molecule has 156 valence electrons. The highest BCUT2D eigenvalue weighted by Gasteiger charge is 2.24. The Bertz CT molecular complexity index is 1080. The molecule has 30 heavy (non-hydrogen) atoms. The van der Waals surface area contributed by atoms with Gasteiger partial charge in [-0.15, -0.1) is 11.3 Å². The average Bonchev–Trinajstić information content (AvgIpc) is 3.28. The number of nitrogens with one attached hydrogen (secondary N) is 1. The van der Waals surface area contributed by atoms with Crippen molar-refractivity contribution in [3.8, 4) is 11.1 Å². The highest BCUT2D eigenvalue weighted by Crippen LogP contribution is 2.45. The van der Waals surface area contributed by atoms with Crippen molar-refractivity contribution in [1.29, 1.82) is 0 Å². The summed E-state index contributed by atoms with van der Waals surface area (Å²) in [6.45, 7) is 1.64. The van der Waals surface area contributed by atoms with Gasteiger partial charge in [-0.05, 0) is 40.9 Å². The lowest BCUT2D eigenvalue weighted by molar-refractivity contribution is 0.102. The molecule has 0 unspecified atom stereocenters. The topological polar surface area (TPSA) is 110 Å². The zero-order valence-electron chi connectivity index (χ0n) is 15.9. The fourth-order valence-electron chi connectivity index (χ4n) is 3.59. The van der Waals surface area contributed by atoms with Crippen LogP contribution in [0.2, 0.25) is 5.02 Å². The van der Waals surface area contributed by atoms with Gasteiger partial charge in [0.05, 0.1) is 21.9 Å². The van der Waals surface area contributed by atoms with Crippen LogP contribution in [0.15, 0.2) is 39.9 Å². The van der Waals surface area contributed by atoms with Crippen molar-refractivity contribution in [2.75, 3.05) is 29.0 Å². The standard InChI is InChI=1S/C20H20BrClN6OS/c21-13-6-14(27-20(29)15-9-30-10-26-15)18(22)17(19(13)24)12-7-25-4-3-16(12)28-5-1-2-11(23)8-28/h3-4,6-7,9-11H,1-2,5,8,23-24H2,(H,27,29)/t11-/m0/s1. The van der Waals surface area contributed by atoms with Gasteiger partial charge in [0.15, 0.2) is 0 Å². The summed E-state index contributed by atoms with van der Waals surface area (Å²) in [5.74, 6) is -0.339. The maximum atomic E-state index is 12.5. The lowest BCUT2D eigenvalue weighted by atomic mass is 9.99. The van der Waals surface area contributed by atoms with Crippen LogP contribution in [0.4, 0.5) is 17.1 Å². The molecule has 3 heterocycles. The minimum Gasteiger partial charge on any atom is -0.397 e. The van der Waals surface area contributed by atoms with Crippen LogP contribution in [-0.4, -0.2) is 35.0 Å². The fourth-order valence-corrected chi connectivity index (χ4v) is 4.85. The predicted molar refractivity (Wildman–Crippen MR) is 126 cm³/mol. The van der Waals surface area contributed by atoms with E-state index in [2.05, 4.69) is 36.1 Å². The molecule has 10 heteroatoms. The number of piperidine rings is 1. The summed E-state index contributed by atoms with van der Waals surface area (Å²) in [5.41, 5.74) is 17.8. The summed E-state index contributed by atoms with van der Waals surface area (Å²) in [6.07, 6.45) is 5.50. The highest BCUT2D eigenvalue weighted by atomic mass is 79.9. The molecule has 2 aromatic heterocycles. The van der Waals surface area contributed by atoms with Crippen LogP contribution in [0, 0.1) is 0 Å². The molecule has 1 aliphatic heterocycles. The number of nitrogen functional groups attached to an aromatic ring is 1. The van der Waals surface area contributed by atoms with Crippen LogP contribution in [0.3, 0.4) is 0 Å². The Morgan fingerprint density at radius 3 is 3.00 bits per heavy atom. The van der Waals surface area contributed by atoms with E-state index in [9.17, 15) is 4.79 Å². The third kappa shape index (κ3) is 4.15. The number of benzene rings is 1. The van der Waals surface area contributed by atoms with Crippen molar-refractivity contribution in [2.24, 2.45) is 5.73 Å².